The molecule has 0 amide bonds. The Balaban J connectivity index is 4.08. The molecule has 17 heavy (non-hydrogen) atoms. The van der Waals surface area contributed by atoms with Gasteiger partial charge >= 0.3 is 0 Å². The molecule has 0 saturated heterocycles. The number of rotatable bonds is 9. The smallest absolute Gasteiger partial charge is 0.0326 e. The van der Waals surface area contributed by atoms with E-state index in [1.165, 1.54) is 38.5 Å². The zero-order valence-corrected chi connectivity index (χ0v) is 13.5. The van der Waals surface area contributed by atoms with Gasteiger partial charge < -0.3 is 0 Å². The maximum atomic E-state index is 2.47. The number of hydrogen-bond donors (Lipinski definition) is 0. The van der Waals surface area contributed by atoms with Gasteiger partial charge in [-0.1, -0.05) is 80.6 Å². The summed E-state index contributed by atoms with van der Waals surface area (Å²) in [5, 5.41) is 0. The Morgan fingerprint density at radius 2 is 1.41 bits per heavy atom. The van der Waals surface area contributed by atoms with Crippen LogP contribution in [0.3, 0.4) is 0 Å². The van der Waals surface area contributed by atoms with Crippen LogP contribution in [0, 0.1) is 23.2 Å². The summed E-state index contributed by atoms with van der Waals surface area (Å²) in [6.45, 7) is 16.8. The first-order chi connectivity index (χ1) is 7.88. The lowest BCUT2D eigenvalue weighted by Crippen LogP contribution is -2.27. The van der Waals surface area contributed by atoms with E-state index in [1.54, 1.807) is 0 Å². The molecule has 104 valence electrons. The highest BCUT2D eigenvalue weighted by atomic mass is 14.3. The molecule has 0 aliphatic carbocycles. The van der Waals surface area contributed by atoms with Gasteiger partial charge in [0.25, 0.3) is 0 Å². The monoisotopic (exact) mass is 240 g/mol. The second kappa shape index (κ2) is 8.16. The van der Waals surface area contributed by atoms with Crippen molar-refractivity contribution in [1.82, 2.24) is 0 Å². The lowest BCUT2D eigenvalue weighted by Gasteiger charge is -2.36. The average molecular weight is 240 g/mol. The van der Waals surface area contributed by atoms with Gasteiger partial charge in [0.05, 0.1) is 0 Å². The Morgan fingerprint density at radius 3 is 1.82 bits per heavy atom. The van der Waals surface area contributed by atoms with Crippen molar-refractivity contribution in [2.24, 2.45) is 23.2 Å². The Bertz CT molecular complexity index is 176. The zero-order valence-electron chi connectivity index (χ0n) is 13.5. The van der Waals surface area contributed by atoms with Crippen LogP contribution >= 0.6 is 0 Å². The molecule has 0 aromatic carbocycles. The van der Waals surface area contributed by atoms with Gasteiger partial charge in [0.15, 0.2) is 0 Å². The molecular weight excluding hydrogens is 204 g/mol. The highest BCUT2D eigenvalue weighted by molar-refractivity contribution is 4.78. The third-order valence-electron chi connectivity index (χ3n) is 5.32. The summed E-state index contributed by atoms with van der Waals surface area (Å²) in [6.07, 6.45) is 8.28. The van der Waals surface area contributed by atoms with Crippen molar-refractivity contribution < 1.29 is 0 Å². The molecule has 0 aliphatic heterocycles. The maximum Gasteiger partial charge on any atom is -0.0326 e. The molecule has 0 saturated carbocycles. The van der Waals surface area contributed by atoms with Crippen LogP contribution in [0.4, 0.5) is 0 Å². The summed E-state index contributed by atoms with van der Waals surface area (Å²) in [4.78, 5) is 0. The molecule has 0 bridgehead atoms. The van der Waals surface area contributed by atoms with Crippen molar-refractivity contribution in [3.05, 3.63) is 0 Å². The molecule has 0 N–H and O–H groups in total. The Hall–Kier alpha value is 0. The second-order valence-electron chi connectivity index (χ2n) is 6.74. The SMILES string of the molecule is CCC(CC)CCCC(C)(C)C(C)C(C)CC. The molecule has 0 rings (SSSR count). The molecule has 0 aliphatic rings. The standard InChI is InChI=1S/C17H36/c1-8-14(4)15(5)17(6,7)13-11-12-16(9-2)10-3/h14-16H,8-13H2,1-7H3. The topological polar surface area (TPSA) is 0 Å². The fourth-order valence-electron chi connectivity index (χ4n) is 2.89. The van der Waals surface area contributed by atoms with Gasteiger partial charge in [-0.05, 0) is 29.6 Å². The summed E-state index contributed by atoms with van der Waals surface area (Å²) < 4.78 is 0. The Morgan fingerprint density at radius 1 is 0.882 bits per heavy atom. The third kappa shape index (κ3) is 5.93. The molecule has 0 radical (unpaired) electrons. The summed E-state index contributed by atoms with van der Waals surface area (Å²) in [5.41, 5.74) is 0.515. The van der Waals surface area contributed by atoms with E-state index in [9.17, 15) is 0 Å². The van der Waals surface area contributed by atoms with Crippen molar-refractivity contribution in [2.75, 3.05) is 0 Å². The Kier molecular flexibility index (Phi) is 8.16. The highest BCUT2D eigenvalue weighted by Crippen LogP contribution is 2.38. The minimum atomic E-state index is 0.515. The van der Waals surface area contributed by atoms with Crippen LogP contribution in [-0.4, -0.2) is 0 Å². The maximum absolute atomic E-state index is 2.47. The first-order valence-electron chi connectivity index (χ1n) is 7.88. The van der Waals surface area contributed by atoms with E-state index in [0.29, 0.717) is 5.41 Å². The van der Waals surface area contributed by atoms with E-state index in [1.807, 2.05) is 0 Å². The largest absolute Gasteiger partial charge is 0.0651 e. The highest BCUT2D eigenvalue weighted by Gasteiger charge is 2.28. The molecule has 2 atom stereocenters. The van der Waals surface area contributed by atoms with Gasteiger partial charge in [0, 0.05) is 0 Å². The van der Waals surface area contributed by atoms with Crippen molar-refractivity contribution in [2.45, 2.75) is 87.0 Å². The number of hydrogen-bond acceptors (Lipinski definition) is 0. The molecule has 0 aromatic heterocycles. The minimum Gasteiger partial charge on any atom is -0.0651 e. The van der Waals surface area contributed by atoms with E-state index < -0.39 is 0 Å². The molecule has 0 heteroatoms. The summed E-state index contributed by atoms with van der Waals surface area (Å²) in [6, 6.07) is 0. The first-order valence-corrected chi connectivity index (χ1v) is 7.88. The van der Waals surface area contributed by atoms with Gasteiger partial charge in [-0.3, -0.25) is 0 Å². The lowest BCUT2D eigenvalue weighted by atomic mass is 9.70. The quantitative estimate of drug-likeness (QED) is 0.443. The fraction of sp³-hybridized carbons (Fsp3) is 1.00. The van der Waals surface area contributed by atoms with Gasteiger partial charge in [-0.25, -0.2) is 0 Å². The lowest BCUT2D eigenvalue weighted by molar-refractivity contribution is 0.142. The van der Waals surface area contributed by atoms with Crippen molar-refractivity contribution in [3.63, 3.8) is 0 Å². The predicted molar refractivity (Wildman–Crippen MR) is 80.3 cm³/mol. The summed E-state index contributed by atoms with van der Waals surface area (Å²) >= 11 is 0. The normalized spacial score (nSPS) is 16.2. The average Bonchev–Trinajstić information content (AvgIpc) is 2.32. The molecule has 0 nitrogen and oxygen atoms in total. The molecule has 0 fully saturated rings. The first kappa shape index (κ1) is 17.0. The van der Waals surface area contributed by atoms with E-state index in [4.69, 9.17) is 0 Å². The molecular formula is C17H36. The zero-order chi connectivity index (χ0) is 13.5. The van der Waals surface area contributed by atoms with Gasteiger partial charge in [-0.15, -0.1) is 0 Å². The van der Waals surface area contributed by atoms with Crippen LogP contribution in [-0.2, 0) is 0 Å². The molecule has 0 aromatic rings. The van der Waals surface area contributed by atoms with Gasteiger partial charge in [-0.2, -0.15) is 0 Å². The van der Waals surface area contributed by atoms with E-state index in [-0.39, 0.29) is 0 Å². The third-order valence-corrected chi connectivity index (χ3v) is 5.32. The van der Waals surface area contributed by atoms with Crippen LogP contribution in [0.1, 0.15) is 87.0 Å². The Labute approximate surface area is 111 Å². The summed E-state index contributed by atoms with van der Waals surface area (Å²) in [7, 11) is 0. The van der Waals surface area contributed by atoms with Gasteiger partial charge in [0.1, 0.15) is 0 Å². The van der Waals surface area contributed by atoms with Crippen LogP contribution in [0.2, 0.25) is 0 Å². The van der Waals surface area contributed by atoms with Crippen LogP contribution in [0.5, 0.6) is 0 Å². The van der Waals surface area contributed by atoms with Crippen LogP contribution in [0.15, 0.2) is 0 Å². The predicted octanol–water partition coefficient (Wildman–Crippen LogP) is 6.30. The van der Waals surface area contributed by atoms with E-state index in [2.05, 4.69) is 48.5 Å². The van der Waals surface area contributed by atoms with Crippen molar-refractivity contribution in [3.8, 4) is 0 Å². The van der Waals surface area contributed by atoms with E-state index >= 15 is 0 Å². The van der Waals surface area contributed by atoms with E-state index in [0.717, 1.165) is 17.8 Å². The van der Waals surface area contributed by atoms with Crippen LogP contribution < -0.4 is 0 Å². The van der Waals surface area contributed by atoms with Gasteiger partial charge in [0.2, 0.25) is 0 Å². The van der Waals surface area contributed by atoms with Crippen molar-refractivity contribution in [1.29, 1.82) is 0 Å². The van der Waals surface area contributed by atoms with Crippen molar-refractivity contribution >= 4 is 0 Å². The molecule has 2 unspecified atom stereocenters. The second-order valence-corrected chi connectivity index (χ2v) is 6.74. The molecule has 0 heterocycles. The minimum absolute atomic E-state index is 0.515. The summed E-state index contributed by atoms with van der Waals surface area (Å²) in [5.74, 6) is 2.66. The molecule has 0 spiro atoms. The van der Waals surface area contributed by atoms with Crippen LogP contribution in [0.25, 0.3) is 0 Å². The fourth-order valence-corrected chi connectivity index (χ4v) is 2.89.